The van der Waals surface area contributed by atoms with E-state index >= 15 is 0 Å². The Bertz CT molecular complexity index is 920. The molecule has 2 aromatic rings. The molecule has 0 aliphatic heterocycles. The number of aromatic carboxylic acids is 1. The van der Waals surface area contributed by atoms with Crippen LogP contribution in [0.5, 0.6) is 0 Å². The maximum atomic E-state index is 11.5. The summed E-state index contributed by atoms with van der Waals surface area (Å²) in [6.07, 6.45) is 9.49. The summed E-state index contributed by atoms with van der Waals surface area (Å²) < 4.78 is 0. The van der Waals surface area contributed by atoms with E-state index in [0.29, 0.717) is 10.4 Å². The highest BCUT2D eigenvalue weighted by Crippen LogP contribution is 2.34. The van der Waals surface area contributed by atoms with Crippen molar-refractivity contribution in [3.05, 3.63) is 67.6 Å². The largest absolute Gasteiger partial charge is 0.477 e. The zero-order valence-corrected chi connectivity index (χ0v) is 14.7. The average molecular weight is 353 g/mol. The Morgan fingerprint density at radius 1 is 1.42 bits per heavy atom. The van der Waals surface area contributed by atoms with Crippen molar-refractivity contribution < 1.29 is 9.90 Å². The number of thiophene rings is 2. The molecule has 5 heteroatoms. The molecule has 0 radical (unpaired) electrons. The van der Waals surface area contributed by atoms with E-state index in [2.05, 4.69) is 6.07 Å². The van der Waals surface area contributed by atoms with Crippen LogP contribution in [0.1, 0.15) is 43.9 Å². The van der Waals surface area contributed by atoms with Crippen LogP contribution < -0.4 is 0 Å². The zero-order valence-electron chi connectivity index (χ0n) is 13.1. The molecular weight excluding hydrogens is 338 g/mol. The molecule has 2 heterocycles. The van der Waals surface area contributed by atoms with Gasteiger partial charge in [-0.05, 0) is 41.5 Å². The van der Waals surface area contributed by atoms with Gasteiger partial charge in [0.2, 0.25) is 0 Å². The molecule has 1 N–H and O–H groups in total. The summed E-state index contributed by atoms with van der Waals surface area (Å²) in [7, 11) is 0. The second-order valence-corrected chi connectivity index (χ2v) is 7.36. The Hall–Kier alpha value is -2.42. The summed E-state index contributed by atoms with van der Waals surface area (Å²) >= 11 is 2.89. The van der Waals surface area contributed by atoms with Gasteiger partial charge < -0.3 is 5.11 Å². The summed E-state index contributed by atoms with van der Waals surface area (Å²) in [5.41, 5.74) is 3.43. The van der Waals surface area contributed by atoms with Gasteiger partial charge in [0.05, 0.1) is 5.56 Å². The van der Waals surface area contributed by atoms with Gasteiger partial charge in [0.25, 0.3) is 0 Å². The van der Waals surface area contributed by atoms with Gasteiger partial charge in [0.1, 0.15) is 10.9 Å². The van der Waals surface area contributed by atoms with Crippen molar-refractivity contribution in [3.8, 4) is 6.07 Å². The first-order valence-electron chi connectivity index (χ1n) is 7.55. The lowest BCUT2D eigenvalue weighted by Crippen LogP contribution is -1.96. The number of carboxylic acid groups (broad SMARTS) is 1. The van der Waals surface area contributed by atoms with Crippen molar-refractivity contribution in [2.75, 3.05) is 0 Å². The van der Waals surface area contributed by atoms with Crippen LogP contribution in [0.15, 0.2) is 41.8 Å². The Morgan fingerprint density at radius 3 is 2.96 bits per heavy atom. The molecule has 1 aliphatic carbocycles. The van der Waals surface area contributed by atoms with Crippen LogP contribution in [0.25, 0.3) is 11.1 Å². The van der Waals surface area contributed by atoms with Gasteiger partial charge in [0, 0.05) is 15.3 Å². The minimum Gasteiger partial charge on any atom is -0.477 e. The summed E-state index contributed by atoms with van der Waals surface area (Å²) in [5, 5.41) is 20.6. The van der Waals surface area contributed by atoms with E-state index in [4.69, 9.17) is 0 Å². The maximum absolute atomic E-state index is 11.5. The highest BCUT2D eigenvalue weighted by molar-refractivity contribution is 7.14. The third kappa shape index (κ3) is 3.12. The average Bonchev–Trinajstić information content (AvgIpc) is 3.16. The molecule has 3 nitrogen and oxygen atoms in total. The fraction of sp³-hybridized carbons (Fsp3) is 0.158. The standard InChI is InChI=1S/C19H15NO2S2/c1-2-15-10-16(18(24-15)19(21)22)12-4-3-5-13(7-6-12)17-14(11-20)8-9-23-17/h3-4,6-10H,2,5H2,1H3,(H,21,22). The molecular formula is C19H15NO2S2. The van der Waals surface area contributed by atoms with E-state index < -0.39 is 5.97 Å². The molecule has 0 amide bonds. The monoisotopic (exact) mass is 353 g/mol. The van der Waals surface area contributed by atoms with E-state index in [1.54, 1.807) is 11.3 Å². The number of carboxylic acids is 1. The van der Waals surface area contributed by atoms with Crippen molar-refractivity contribution in [1.29, 1.82) is 5.26 Å². The highest BCUT2D eigenvalue weighted by Gasteiger charge is 2.17. The molecule has 0 saturated carbocycles. The normalized spacial score (nSPS) is 13.8. The van der Waals surface area contributed by atoms with E-state index in [1.807, 2.05) is 48.7 Å². The topological polar surface area (TPSA) is 61.1 Å². The predicted molar refractivity (Wildman–Crippen MR) is 99.4 cm³/mol. The lowest BCUT2D eigenvalue weighted by molar-refractivity contribution is 0.0702. The number of nitriles is 1. The van der Waals surface area contributed by atoms with Crippen molar-refractivity contribution in [3.63, 3.8) is 0 Å². The zero-order chi connectivity index (χ0) is 17.1. The predicted octanol–water partition coefficient (Wildman–Crippen LogP) is 5.37. The van der Waals surface area contributed by atoms with Gasteiger partial charge in [-0.3, -0.25) is 0 Å². The van der Waals surface area contributed by atoms with Gasteiger partial charge in [-0.25, -0.2) is 4.79 Å². The molecule has 0 fully saturated rings. The minimum absolute atomic E-state index is 0.383. The van der Waals surface area contributed by atoms with Gasteiger partial charge in [-0.15, -0.1) is 22.7 Å². The first-order chi connectivity index (χ1) is 11.6. The first-order valence-corrected chi connectivity index (χ1v) is 9.25. The number of allylic oxidation sites excluding steroid dienone is 6. The van der Waals surface area contributed by atoms with Crippen LogP contribution in [0, 0.1) is 11.3 Å². The molecule has 1 aliphatic rings. The maximum Gasteiger partial charge on any atom is 0.346 e. The molecule has 0 bridgehead atoms. The van der Waals surface area contributed by atoms with Crippen molar-refractivity contribution in [2.24, 2.45) is 0 Å². The van der Waals surface area contributed by atoms with Crippen LogP contribution in [0.2, 0.25) is 0 Å². The number of hydrogen-bond donors (Lipinski definition) is 1. The third-order valence-corrected chi connectivity index (χ3v) is 6.07. The quantitative estimate of drug-likeness (QED) is 0.804. The highest BCUT2D eigenvalue weighted by atomic mass is 32.1. The molecule has 0 atom stereocenters. The first kappa shape index (κ1) is 16.4. The van der Waals surface area contributed by atoms with Crippen molar-refractivity contribution in [1.82, 2.24) is 0 Å². The van der Waals surface area contributed by atoms with Crippen LogP contribution in [0.4, 0.5) is 0 Å². The number of carbonyl (C=O) groups is 1. The van der Waals surface area contributed by atoms with E-state index in [-0.39, 0.29) is 0 Å². The second kappa shape index (κ2) is 7.00. The van der Waals surface area contributed by atoms with E-state index in [0.717, 1.165) is 39.3 Å². The third-order valence-electron chi connectivity index (χ3n) is 3.81. The Balaban J connectivity index is 2.03. The smallest absolute Gasteiger partial charge is 0.346 e. The van der Waals surface area contributed by atoms with Crippen molar-refractivity contribution >= 4 is 39.8 Å². The molecule has 24 heavy (non-hydrogen) atoms. The number of rotatable bonds is 4. The Kier molecular flexibility index (Phi) is 4.79. The molecule has 0 saturated heterocycles. The Labute approximate surface area is 148 Å². The van der Waals surface area contributed by atoms with Crippen molar-refractivity contribution in [2.45, 2.75) is 19.8 Å². The number of aryl methyl sites for hydroxylation is 1. The fourth-order valence-corrected chi connectivity index (χ4v) is 4.45. The molecule has 0 unspecified atom stereocenters. The SMILES string of the molecule is CCc1cc(C2=CC=C(c3sccc3C#N)CC=C2)c(C(=O)O)s1. The molecule has 3 rings (SSSR count). The van der Waals surface area contributed by atoms with Crippen LogP contribution in [-0.2, 0) is 6.42 Å². The minimum atomic E-state index is -0.887. The number of hydrogen-bond acceptors (Lipinski definition) is 4. The summed E-state index contributed by atoms with van der Waals surface area (Å²) in [6.45, 7) is 2.02. The lowest BCUT2D eigenvalue weighted by atomic mass is 10.1. The summed E-state index contributed by atoms with van der Waals surface area (Å²) in [6, 6.07) is 6.02. The van der Waals surface area contributed by atoms with Crippen LogP contribution in [-0.4, -0.2) is 11.1 Å². The Morgan fingerprint density at radius 2 is 2.25 bits per heavy atom. The lowest BCUT2D eigenvalue weighted by Gasteiger charge is -2.00. The molecule has 0 aromatic carbocycles. The van der Waals surface area contributed by atoms with Gasteiger partial charge >= 0.3 is 5.97 Å². The second-order valence-electron chi connectivity index (χ2n) is 5.31. The number of nitrogens with zero attached hydrogens (tertiary/aromatic N) is 1. The fourth-order valence-electron chi connectivity index (χ4n) is 2.61. The van der Waals surface area contributed by atoms with E-state index in [1.165, 1.54) is 11.3 Å². The van der Waals surface area contributed by atoms with Crippen LogP contribution >= 0.6 is 22.7 Å². The molecule has 0 spiro atoms. The molecule has 120 valence electrons. The summed E-state index contributed by atoms with van der Waals surface area (Å²) in [4.78, 5) is 14.0. The molecule has 2 aromatic heterocycles. The van der Waals surface area contributed by atoms with Gasteiger partial charge in [-0.2, -0.15) is 5.26 Å². The van der Waals surface area contributed by atoms with Gasteiger partial charge in [0.15, 0.2) is 0 Å². The summed E-state index contributed by atoms with van der Waals surface area (Å²) in [5.74, 6) is -0.887. The van der Waals surface area contributed by atoms with Crippen LogP contribution in [0.3, 0.4) is 0 Å². The van der Waals surface area contributed by atoms with Gasteiger partial charge in [-0.1, -0.05) is 31.2 Å². The van der Waals surface area contributed by atoms with E-state index in [9.17, 15) is 15.2 Å².